The Bertz CT molecular complexity index is 317. The molecule has 3 fully saturated rings. The van der Waals surface area contributed by atoms with Crippen molar-refractivity contribution in [2.75, 3.05) is 6.61 Å². The zero-order valence-corrected chi connectivity index (χ0v) is 11.6. The molecule has 2 saturated carbocycles. The Kier molecular flexibility index (Phi) is 3.48. The smallest absolute Gasteiger partial charge is 0.136 e. The Morgan fingerprint density at radius 1 is 1.22 bits per heavy atom. The van der Waals surface area contributed by atoms with E-state index in [4.69, 9.17) is 4.74 Å². The summed E-state index contributed by atoms with van der Waals surface area (Å²) in [5.41, 5.74) is 0.171. The largest absolute Gasteiger partial charge is 0.375 e. The molecule has 18 heavy (non-hydrogen) atoms. The fourth-order valence-corrected chi connectivity index (χ4v) is 4.49. The number of hydrogen-bond acceptors (Lipinski definition) is 2. The lowest BCUT2D eigenvalue weighted by molar-refractivity contribution is -0.136. The van der Waals surface area contributed by atoms with Gasteiger partial charge in [-0.25, -0.2) is 0 Å². The third-order valence-corrected chi connectivity index (χ3v) is 5.57. The van der Waals surface area contributed by atoms with Crippen LogP contribution in [0, 0.1) is 17.8 Å². The van der Waals surface area contributed by atoms with Gasteiger partial charge >= 0.3 is 0 Å². The summed E-state index contributed by atoms with van der Waals surface area (Å²) in [6.07, 6.45) is 10.5. The molecular formula is C16H26O2. The molecule has 0 N–H and O–H groups in total. The first-order valence-corrected chi connectivity index (χ1v) is 7.85. The maximum atomic E-state index is 12.2. The third-order valence-electron chi connectivity index (χ3n) is 5.57. The first-order chi connectivity index (χ1) is 8.69. The van der Waals surface area contributed by atoms with E-state index < -0.39 is 0 Å². The molecule has 3 unspecified atom stereocenters. The molecule has 0 amide bonds. The van der Waals surface area contributed by atoms with E-state index in [0.29, 0.717) is 17.6 Å². The average Bonchev–Trinajstić information content (AvgIpc) is 2.80. The summed E-state index contributed by atoms with van der Waals surface area (Å²) in [4.78, 5) is 12.2. The summed E-state index contributed by atoms with van der Waals surface area (Å²) in [5, 5.41) is 0. The Labute approximate surface area is 110 Å². The summed E-state index contributed by atoms with van der Waals surface area (Å²) in [6.45, 7) is 3.20. The first-order valence-electron chi connectivity index (χ1n) is 7.85. The molecule has 0 radical (unpaired) electrons. The summed E-state index contributed by atoms with van der Waals surface area (Å²) < 4.78 is 6.10. The van der Waals surface area contributed by atoms with Crippen LogP contribution in [0.5, 0.6) is 0 Å². The highest BCUT2D eigenvalue weighted by molar-refractivity contribution is 5.82. The number of Topliss-reactive ketones (excluding diaryl/α,β-unsaturated/α-hetero) is 1. The number of hydrogen-bond donors (Lipinski definition) is 0. The van der Waals surface area contributed by atoms with Crippen LogP contribution in [0.15, 0.2) is 0 Å². The second kappa shape index (κ2) is 4.96. The van der Waals surface area contributed by atoms with Crippen molar-refractivity contribution in [2.24, 2.45) is 17.8 Å². The summed E-state index contributed by atoms with van der Waals surface area (Å²) in [5.74, 6) is 2.27. The molecule has 3 aliphatic rings. The van der Waals surface area contributed by atoms with Gasteiger partial charge in [-0.1, -0.05) is 19.8 Å². The Balaban J connectivity index is 1.69. The van der Waals surface area contributed by atoms with Gasteiger partial charge < -0.3 is 4.74 Å². The zero-order valence-electron chi connectivity index (χ0n) is 11.6. The molecule has 0 aromatic heterocycles. The molecule has 1 spiro atoms. The van der Waals surface area contributed by atoms with E-state index in [1.54, 1.807) is 0 Å². The van der Waals surface area contributed by atoms with Crippen molar-refractivity contribution in [1.29, 1.82) is 0 Å². The average molecular weight is 250 g/mol. The van der Waals surface area contributed by atoms with E-state index in [0.717, 1.165) is 44.6 Å². The molecule has 1 aliphatic heterocycles. The second-order valence-corrected chi connectivity index (χ2v) is 6.94. The van der Waals surface area contributed by atoms with Gasteiger partial charge in [0.2, 0.25) is 0 Å². The summed E-state index contributed by atoms with van der Waals surface area (Å²) >= 11 is 0. The fourth-order valence-electron chi connectivity index (χ4n) is 4.49. The van der Waals surface area contributed by atoms with Crippen LogP contribution < -0.4 is 0 Å². The van der Waals surface area contributed by atoms with E-state index in [1.807, 2.05) is 0 Å². The maximum Gasteiger partial charge on any atom is 0.136 e. The predicted octanol–water partition coefficient (Wildman–Crippen LogP) is 3.73. The number of rotatable bonds is 1. The van der Waals surface area contributed by atoms with Crippen LogP contribution in [0.3, 0.4) is 0 Å². The highest BCUT2D eigenvalue weighted by Gasteiger charge is 2.44. The van der Waals surface area contributed by atoms with Crippen LogP contribution in [-0.4, -0.2) is 18.0 Å². The van der Waals surface area contributed by atoms with Gasteiger partial charge in [-0.15, -0.1) is 0 Å². The van der Waals surface area contributed by atoms with Gasteiger partial charge in [0.25, 0.3) is 0 Å². The van der Waals surface area contributed by atoms with Crippen LogP contribution in [0.1, 0.15) is 64.7 Å². The topological polar surface area (TPSA) is 26.3 Å². The number of ether oxygens (including phenoxy) is 1. The SMILES string of the molecule is CC1CCC(=O)C(C2CCOC3(CCCC3)C2)C1. The predicted molar refractivity (Wildman–Crippen MR) is 71.4 cm³/mol. The van der Waals surface area contributed by atoms with Crippen LogP contribution in [0.25, 0.3) is 0 Å². The molecule has 3 atom stereocenters. The van der Waals surface area contributed by atoms with Gasteiger partial charge in [-0.3, -0.25) is 4.79 Å². The number of carbonyl (C=O) groups is 1. The minimum Gasteiger partial charge on any atom is -0.375 e. The van der Waals surface area contributed by atoms with Crippen molar-refractivity contribution in [3.05, 3.63) is 0 Å². The lowest BCUT2D eigenvalue weighted by Gasteiger charge is -2.42. The van der Waals surface area contributed by atoms with Crippen molar-refractivity contribution in [3.8, 4) is 0 Å². The van der Waals surface area contributed by atoms with Crippen molar-refractivity contribution in [3.63, 3.8) is 0 Å². The fraction of sp³-hybridized carbons (Fsp3) is 0.938. The van der Waals surface area contributed by atoms with Crippen LogP contribution in [0.2, 0.25) is 0 Å². The van der Waals surface area contributed by atoms with E-state index >= 15 is 0 Å². The zero-order chi connectivity index (χ0) is 12.6. The van der Waals surface area contributed by atoms with Gasteiger partial charge in [0.15, 0.2) is 0 Å². The Hall–Kier alpha value is -0.370. The molecule has 0 aromatic carbocycles. The second-order valence-electron chi connectivity index (χ2n) is 6.94. The summed E-state index contributed by atoms with van der Waals surface area (Å²) in [6, 6.07) is 0. The molecule has 0 bridgehead atoms. The summed E-state index contributed by atoms with van der Waals surface area (Å²) in [7, 11) is 0. The molecule has 0 aromatic rings. The van der Waals surface area contributed by atoms with E-state index in [-0.39, 0.29) is 5.60 Å². The monoisotopic (exact) mass is 250 g/mol. The van der Waals surface area contributed by atoms with Gasteiger partial charge in [0, 0.05) is 18.9 Å². The minimum absolute atomic E-state index is 0.171. The lowest BCUT2D eigenvalue weighted by Crippen LogP contribution is -2.42. The molecule has 102 valence electrons. The van der Waals surface area contributed by atoms with Gasteiger partial charge in [-0.05, 0) is 50.4 Å². The molecule has 2 nitrogen and oxygen atoms in total. The van der Waals surface area contributed by atoms with Crippen molar-refractivity contribution in [2.45, 2.75) is 70.3 Å². The van der Waals surface area contributed by atoms with Gasteiger partial charge in [0.1, 0.15) is 5.78 Å². The van der Waals surface area contributed by atoms with Crippen LogP contribution in [0.4, 0.5) is 0 Å². The first kappa shape index (κ1) is 12.7. The van der Waals surface area contributed by atoms with Crippen molar-refractivity contribution < 1.29 is 9.53 Å². The van der Waals surface area contributed by atoms with Crippen molar-refractivity contribution >= 4 is 5.78 Å². The van der Waals surface area contributed by atoms with Gasteiger partial charge in [-0.2, -0.15) is 0 Å². The third kappa shape index (κ3) is 2.36. The van der Waals surface area contributed by atoms with Crippen LogP contribution >= 0.6 is 0 Å². The normalized spacial score (nSPS) is 40.3. The molecule has 1 heterocycles. The van der Waals surface area contributed by atoms with E-state index in [2.05, 4.69) is 6.92 Å². The minimum atomic E-state index is 0.171. The molecule has 1 saturated heterocycles. The van der Waals surface area contributed by atoms with Crippen molar-refractivity contribution in [1.82, 2.24) is 0 Å². The molecule has 3 rings (SSSR count). The molecule has 2 aliphatic carbocycles. The highest BCUT2D eigenvalue weighted by atomic mass is 16.5. The molecule has 2 heteroatoms. The molecular weight excluding hydrogens is 224 g/mol. The van der Waals surface area contributed by atoms with E-state index in [1.165, 1.54) is 25.7 Å². The highest BCUT2D eigenvalue weighted by Crippen LogP contribution is 2.46. The van der Waals surface area contributed by atoms with Crippen LogP contribution in [-0.2, 0) is 9.53 Å². The van der Waals surface area contributed by atoms with Gasteiger partial charge in [0.05, 0.1) is 5.60 Å². The standard InChI is InChI=1S/C16H26O2/c1-12-4-5-15(17)14(10-12)13-6-9-18-16(11-13)7-2-3-8-16/h12-14H,2-11H2,1H3. The number of carbonyl (C=O) groups excluding carboxylic acids is 1. The number of ketones is 1. The lowest BCUT2D eigenvalue weighted by atomic mass is 9.69. The quantitative estimate of drug-likeness (QED) is 0.709. The van der Waals surface area contributed by atoms with E-state index in [9.17, 15) is 4.79 Å². The Morgan fingerprint density at radius 3 is 2.78 bits per heavy atom. The Morgan fingerprint density at radius 2 is 2.00 bits per heavy atom. The maximum absolute atomic E-state index is 12.2.